The minimum Gasteiger partial charge on any atom is -0.389 e. The number of Topliss-reactive ketones (excluding diaryl/α,β-unsaturated/α-hetero) is 1. The molecule has 3 atom stereocenters. The van der Waals surface area contributed by atoms with E-state index in [1.807, 2.05) is 0 Å². The second-order valence-electron chi connectivity index (χ2n) is 5.11. The smallest absolute Gasteiger partial charge is 0.259 e. The molecule has 19 heavy (non-hydrogen) atoms. The quantitative estimate of drug-likeness (QED) is 0.338. The summed E-state index contributed by atoms with van der Waals surface area (Å²) in [5.41, 5.74) is -1.07. The van der Waals surface area contributed by atoms with Gasteiger partial charge >= 0.3 is 0 Å². The number of ketones is 1. The molecule has 3 rings (SSSR count). The maximum Gasteiger partial charge on any atom is 0.259 e. The predicted molar refractivity (Wildman–Crippen MR) is 63.9 cm³/mol. The maximum atomic E-state index is 12.6. The highest BCUT2D eigenvalue weighted by Crippen LogP contribution is 2.52. The summed E-state index contributed by atoms with van der Waals surface area (Å²) in [5.74, 6) is -3.55. The first kappa shape index (κ1) is 14.1. The van der Waals surface area contributed by atoms with E-state index >= 15 is 0 Å². The number of aliphatic hydroxyl groups is 1. The van der Waals surface area contributed by atoms with Crippen LogP contribution in [0.2, 0.25) is 0 Å². The Bertz CT molecular complexity index is 455. The van der Waals surface area contributed by atoms with E-state index < -0.39 is 40.5 Å². The fourth-order valence-corrected chi connectivity index (χ4v) is 3.45. The number of nitro groups is 1. The third kappa shape index (κ3) is 1.52. The molecule has 1 saturated carbocycles. The Morgan fingerprint density at radius 3 is 2.47 bits per heavy atom. The van der Waals surface area contributed by atoms with E-state index in [2.05, 4.69) is 0 Å². The van der Waals surface area contributed by atoms with Gasteiger partial charge in [-0.05, 0) is 6.92 Å². The minimum atomic E-state index is -1.67. The zero-order valence-electron chi connectivity index (χ0n) is 11.1. The topological polar surface area (TPSA) is 98.9 Å². The molecule has 106 valence electrons. The number of carbonyl (C=O) groups is 1. The number of ether oxygens (including phenoxy) is 2. The number of aliphatic hydroxyl groups excluding tert-OH is 1. The molecular formula is C12H17NO6. The largest absolute Gasteiger partial charge is 0.389 e. The van der Waals surface area contributed by atoms with E-state index in [9.17, 15) is 20.0 Å². The van der Waals surface area contributed by atoms with Crippen molar-refractivity contribution in [2.24, 2.45) is 11.8 Å². The van der Waals surface area contributed by atoms with Crippen molar-refractivity contribution in [2.75, 3.05) is 20.8 Å². The van der Waals surface area contributed by atoms with E-state index in [0.717, 1.165) is 0 Å². The Balaban J connectivity index is 2.59. The lowest BCUT2D eigenvalue weighted by Gasteiger charge is -2.50. The Morgan fingerprint density at radius 1 is 1.53 bits per heavy atom. The molecule has 0 spiro atoms. The SMILES string of the molecule is COC1(OC)C(=O)[C@@H]2C(C)=C[C@H]1C[C@]2(CO)[N+](=O)[O-]. The third-order valence-corrected chi connectivity index (χ3v) is 4.37. The highest BCUT2D eigenvalue weighted by Gasteiger charge is 2.70. The van der Waals surface area contributed by atoms with Gasteiger partial charge in [-0.25, -0.2) is 0 Å². The van der Waals surface area contributed by atoms with Gasteiger partial charge in [-0.15, -0.1) is 0 Å². The molecule has 2 bridgehead atoms. The number of nitrogens with zero attached hydrogens (tertiary/aromatic N) is 1. The van der Waals surface area contributed by atoms with Crippen molar-refractivity contribution in [1.82, 2.24) is 0 Å². The zero-order chi connectivity index (χ0) is 14.4. The second-order valence-corrected chi connectivity index (χ2v) is 5.11. The van der Waals surface area contributed by atoms with E-state index in [1.165, 1.54) is 14.2 Å². The summed E-state index contributed by atoms with van der Waals surface area (Å²) in [4.78, 5) is 23.4. The van der Waals surface area contributed by atoms with Crippen LogP contribution < -0.4 is 0 Å². The van der Waals surface area contributed by atoms with Crippen molar-refractivity contribution < 1.29 is 24.3 Å². The van der Waals surface area contributed by atoms with Gasteiger partial charge in [0.2, 0.25) is 11.6 Å². The van der Waals surface area contributed by atoms with Gasteiger partial charge in [0.15, 0.2) is 0 Å². The Kier molecular flexibility index (Phi) is 3.24. The van der Waals surface area contributed by atoms with Crippen molar-refractivity contribution in [3.05, 3.63) is 21.8 Å². The summed E-state index contributed by atoms with van der Waals surface area (Å²) in [6.45, 7) is 0.986. The highest BCUT2D eigenvalue weighted by atomic mass is 16.7. The molecule has 0 amide bonds. The fourth-order valence-electron chi connectivity index (χ4n) is 3.45. The fraction of sp³-hybridized carbons (Fsp3) is 0.750. The molecular weight excluding hydrogens is 254 g/mol. The molecule has 3 aliphatic rings. The van der Waals surface area contributed by atoms with Gasteiger partial charge in [0.25, 0.3) is 5.54 Å². The van der Waals surface area contributed by atoms with Gasteiger partial charge in [-0.1, -0.05) is 11.6 Å². The van der Waals surface area contributed by atoms with E-state index in [1.54, 1.807) is 13.0 Å². The molecule has 0 radical (unpaired) electrons. The molecule has 3 aliphatic carbocycles. The lowest BCUT2D eigenvalue weighted by Crippen LogP contribution is -2.69. The molecule has 1 N–H and O–H groups in total. The van der Waals surface area contributed by atoms with Crippen molar-refractivity contribution in [3.63, 3.8) is 0 Å². The van der Waals surface area contributed by atoms with Crippen molar-refractivity contribution in [3.8, 4) is 0 Å². The average Bonchev–Trinajstić information content (AvgIpc) is 2.38. The maximum absolute atomic E-state index is 12.6. The molecule has 0 saturated heterocycles. The van der Waals surface area contributed by atoms with Crippen LogP contribution in [-0.2, 0) is 14.3 Å². The van der Waals surface area contributed by atoms with Crippen LogP contribution in [0.4, 0.5) is 0 Å². The molecule has 7 nitrogen and oxygen atoms in total. The van der Waals surface area contributed by atoms with Gasteiger partial charge in [0.1, 0.15) is 12.5 Å². The highest BCUT2D eigenvalue weighted by molar-refractivity contribution is 5.94. The van der Waals surface area contributed by atoms with Crippen molar-refractivity contribution in [2.45, 2.75) is 24.7 Å². The van der Waals surface area contributed by atoms with Gasteiger partial charge in [-0.2, -0.15) is 0 Å². The summed E-state index contributed by atoms with van der Waals surface area (Å²) in [7, 11) is 2.69. The first-order chi connectivity index (χ1) is 8.89. The lowest BCUT2D eigenvalue weighted by molar-refractivity contribution is -0.587. The third-order valence-electron chi connectivity index (χ3n) is 4.37. The van der Waals surface area contributed by atoms with Gasteiger partial charge < -0.3 is 14.6 Å². The molecule has 0 unspecified atom stereocenters. The van der Waals surface area contributed by atoms with Crippen LogP contribution >= 0.6 is 0 Å². The summed E-state index contributed by atoms with van der Waals surface area (Å²) < 4.78 is 10.4. The normalized spacial score (nSPS) is 36.2. The van der Waals surface area contributed by atoms with Crippen LogP contribution in [0.1, 0.15) is 13.3 Å². The summed E-state index contributed by atoms with van der Waals surface area (Å²) in [6.07, 6.45) is 1.79. The number of hydrogen-bond donors (Lipinski definition) is 1. The number of hydrogen-bond acceptors (Lipinski definition) is 6. The van der Waals surface area contributed by atoms with Gasteiger partial charge in [-0.3, -0.25) is 14.9 Å². The van der Waals surface area contributed by atoms with Crippen LogP contribution in [0.3, 0.4) is 0 Å². The monoisotopic (exact) mass is 271 g/mol. The Labute approximate surface area is 110 Å². The van der Waals surface area contributed by atoms with Gasteiger partial charge in [0, 0.05) is 31.5 Å². The predicted octanol–water partition coefficient (Wildman–Crippen LogP) is 0.148. The molecule has 1 fully saturated rings. The molecule has 0 aromatic heterocycles. The lowest BCUT2D eigenvalue weighted by atomic mass is 9.58. The van der Waals surface area contributed by atoms with Gasteiger partial charge in [0.05, 0.1) is 0 Å². The Morgan fingerprint density at radius 2 is 2.11 bits per heavy atom. The van der Waals surface area contributed by atoms with Crippen LogP contribution in [0.25, 0.3) is 0 Å². The molecule has 0 aromatic carbocycles. The standard InChI is InChI=1S/C12H17NO6/c1-7-4-8-5-11(6-14,13(16)17)9(7)10(15)12(8,18-2)19-3/h4,8-9,14H,5-6H2,1-3H3/t8-,9-,11+/m0/s1. The second kappa shape index (κ2) is 4.36. The number of fused-ring (bicyclic) bond motifs is 2. The van der Waals surface area contributed by atoms with Crippen LogP contribution in [0.5, 0.6) is 0 Å². The van der Waals surface area contributed by atoms with Crippen molar-refractivity contribution >= 4 is 5.78 Å². The summed E-state index contributed by atoms with van der Waals surface area (Å²) in [6, 6.07) is 0. The molecule has 0 heterocycles. The number of carbonyl (C=O) groups excluding carboxylic acids is 1. The van der Waals surface area contributed by atoms with E-state index in [4.69, 9.17) is 9.47 Å². The van der Waals surface area contributed by atoms with Crippen molar-refractivity contribution in [1.29, 1.82) is 0 Å². The zero-order valence-corrected chi connectivity index (χ0v) is 11.1. The average molecular weight is 271 g/mol. The van der Waals surface area contributed by atoms with Crippen LogP contribution in [0.15, 0.2) is 11.6 Å². The van der Waals surface area contributed by atoms with E-state index in [0.29, 0.717) is 5.57 Å². The molecule has 0 aromatic rings. The molecule has 7 heteroatoms. The van der Waals surface area contributed by atoms with Crippen LogP contribution in [0, 0.1) is 22.0 Å². The minimum absolute atomic E-state index is 0.0198. The number of methoxy groups -OCH3 is 2. The molecule has 0 aliphatic heterocycles. The first-order valence-electron chi connectivity index (χ1n) is 5.98. The first-order valence-corrected chi connectivity index (χ1v) is 5.98. The van der Waals surface area contributed by atoms with Crippen LogP contribution in [-0.4, -0.2) is 48.0 Å². The summed E-state index contributed by atoms with van der Waals surface area (Å²) in [5, 5.41) is 20.8. The number of rotatable bonds is 4. The summed E-state index contributed by atoms with van der Waals surface area (Å²) >= 11 is 0. The Hall–Kier alpha value is -1.31. The van der Waals surface area contributed by atoms with E-state index in [-0.39, 0.29) is 6.42 Å².